The summed E-state index contributed by atoms with van der Waals surface area (Å²) in [5.41, 5.74) is 7.29. The number of nitrogens with zero attached hydrogens (tertiary/aromatic N) is 6. The summed E-state index contributed by atoms with van der Waals surface area (Å²) in [6.45, 7) is 0. The molecule has 51 heavy (non-hydrogen) atoms. The maximum absolute atomic E-state index is 12.9. The molecule has 0 aliphatic carbocycles. The summed E-state index contributed by atoms with van der Waals surface area (Å²) in [5.74, 6) is -0.423. The Morgan fingerprint density at radius 3 is 1.84 bits per heavy atom. The number of rotatable bonds is 9. The van der Waals surface area contributed by atoms with Gasteiger partial charge in [-0.3, -0.25) is 19.2 Å². The quantitative estimate of drug-likeness (QED) is 0.124. The molecule has 12 heteroatoms. The third-order valence-electron chi connectivity index (χ3n) is 8.73. The molecular weight excluding hydrogens is 679 g/mol. The van der Waals surface area contributed by atoms with Crippen LogP contribution in [-0.4, -0.2) is 49.9 Å². The van der Waals surface area contributed by atoms with Crippen LogP contribution in [0.5, 0.6) is 0 Å². The zero-order valence-electron chi connectivity index (χ0n) is 27.2. The predicted octanol–water partition coefficient (Wildman–Crippen LogP) is 7.21. The van der Waals surface area contributed by atoms with Gasteiger partial charge in [0.2, 0.25) is 19.3 Å². The van der Waals surface area contributed by atoms with Crippen LogP contribution in [0.1, 0.15) is 27.0 Å². The van der Waals surface area contributed by atoms with Crippen molar-refractivity contribution in [2.75, 3.05) is 11.6 Å². The number of aromatic nitrogens is 6. The van der Waals surface area contributed by atoms with Crippen LogP contribution >= 0.6 is 11.3 Å². The van der Waals surface area contributed by atoms with Gasteiger partial charge in [-0.2, -0.15) is 5.10 Å². The van der Waals surface area contributed by atoms with Crippen molar-refractivity contribution in [3.8, 4) is 22.4 Å². The SMILES string of the molecule is CS(=O)(=O)c1nnc(NC(=O)c2ccc(-c3cnc4ccc(-c5cnn(C(c6ccccc6)(c6ccccc6)c6ccccc6)c5)cn34)cc2)s1. The summed E-state index contributed by atoms with van der Waals surface area (Å²) in [6, 6.07) is 42.4. The Bertz CT molecular complexity index is 2500. The molecule has 10 nitrogen and oxygen atoms in total. The molecule has 0 radical (unpaired) electrons. The molecule has 0 bridgehead atoms. The first-order chi connectivity index (χ1) is 24.8. The van der Waals surface area contributed by atoms with Gasteiger partial charge >= 0.3 is 0 Å². The fourth-order valence-electron chi connectivity index (χ4n) is 6.33. The normalized spacial score (nSPS) is 11.9. The van der Waals surface area contributed by atoms with Crippen LogP contribution in [0.2, 0.25) is 0 Å². The average molecular weight is 708 g/mol. The number of benzene rings is 4. The minimum absolute atomic E-state index is 0.107. The fourth-order valence-corrected chi connectivity index (χ4v) is 7.83. The third-order valence-corrected chi connectivity index (χ3v) is 11.2. The fraction of sp³-hybridized carbons (Fsp3) is 0.0513. The number of fused-ring (bicyclic) bond motifs is 1. The van der Waals surface area contributed by atoms with Crippen molar-refractivity contribution in [2.24, 2.45) is 0 Å². The summed E-state index contributed by atoms with van der Waals surface area (Å²) in [4.78, 5) is 17.5. The lowest BCUT2D eigenvalue weighted by Gasteiger charge is -2.36. The van der Waals surface area contributed by atoms with Gasteiger partial charge < -0.3 is 0 Å². The molecule has 0 saturated carbocycles. The Kier molecular flexibility index (Phi) is 8.09. The number of amides is 1. The Hall–Kier alpha value is -6.24. The van der Waals surface area contributed by atoms with Crippen LogP contribution in [0.15, 0.2) is 157 Å². The third kappa shape index (κ3) is 5.90. The van der Waals surface area contributed by atoms with E-state index in [0.717, 1.165) is 62.3 Å². The molecule has 0 saturated heterocycles. The highest BCUT2D eigenvalue weighted by atomic mass is 32.2. The molecule has 0 fully saturated rings. The van der Waals surface area contributed by atoms with E-state index in [0.29, 0.717) is 5.56 Å². The van der Waals surface area contributed by atoms with Gasteiger partial charge in [-0.05, 0) is 41.0 Å². The smallest absolute Gasteiger partial charge is 0.257 e. The minimum Gasteiger partial charge on any atom is -0.299 e. The van der Waals surface area contributed by atoms with Crippen molar-refractivity contribution in [1.82, 2.24) is 29.4 Å². The second kappa shape index (κ2) is 12.9. The number of imidazole rings is 1. The topological polar surface area (TPSA) is 124 Å². The monoisotopic (exact) mass is 707 g/mol. The van der Waals surface area contributed by atoms with E-state index in [2.05, 4.69) is 104 Å². The standard InChI is InChI=1S/C39H29N7O3S2/c1-51(48,49)38-44-43-37(50-38)42-36(47)28-19-17-27(18-20-28)34-24-40-35-22-21-29(25-45(34)35)30-23-41-46(26-30)39(31-11-5-2-6-12-31,32-13-7-3-8-14-32)33-15-9-4-10-16-33/h2-26H,1H3,(H,42,43,47). The first-order valence-corrected chi connectivity index (χ1v) is 18.7. The van der Waals surface area contributed by atoms with Crippen molar-refractivity contribution >= 4 is 37.9 Å². The van der Waals surface area contributed by atoms with Crippen LogP contribution in [0, 0.1) is 0 Å². The van der Waals surface area contributed by atoms with Gasteiger partial charge in [0, 0.05) is 40.9 Å². The number of hydrogen-bond acceptors (Lipinski definition) is 8. The van der Waals surface area contributed by atoms with Gasteiger partial charge in [-0.25, -0.2) is 13.4 Å². The van der Waals surface area contributed by atoms with Gasteiger partial charge in [-0.15, -0.1) is 10.2 Å². The Morgan fingerprint density at radius 2 is 1.27 bits per heavy atom. The Balaban J connectivity index is 1.14. The van der Waals surface area contributed by atoms with Crippen LogP contribution in [0.4, 0.5) is 5.13 Å². The van der Waals surface area contributed by atoms with E-state index in [4.69, 9.17) is 5.10 Å². The average Bonchev–Trinajstić information content (AvgIpc) is 3.94. The van der Waals surface area contributed by atoms with E-state index in [1.807, 2.05) is 59.3 Å². The maximum atomic E-state index is 12.9. The summed E-state index contributed by atoms with van der Waals surface area (Å²) in [5, 5.41) is 15.2. The second-order valence-electron chi connectivity index (χ2n) is 11.9. The van der Waals surface area contributed by atoms with Crippen LogP contribution in [0.3, 0.4) is 0 Å². The molecule has 0 aliphatic heterocycles. The van der Waals surface area contributed by atoms with Crippen molar-refractivity contribution in [3.05, 3.63) is 174 Å². The summed E-state index contributed by atoms with van der Waals surface area (Å²) < 4.78 is 27.4. The maximum Gasteiger partial charge on any atom is 0.257 e. The van der Waals surface area contributed by atoms with E-state index in [1.54, 1.807) is 18.3 Å². The molecule has 4 heterocycles. The van der Waals surface area contributed by atoms with E-state index in [9.17, 15) is 13.2 Å². The van der Waals surface area contributed by atoms with E-state index >= 15 is 0 Å². The van der Waals surface area contributed by atoms with Crippen molar-refractivity contribution < 1.29 is 13.2 Å². The van der Waals surface area contributed by atoms with Gasteiger partial charge in [0.15, 0.2) is 0 Å². The van der Waals surface area contributed by atoms with Crippen molar-refractivity contribution in [2.45, 2.75) is 9.88 Å². The summed E-state index contributed by atoms with van der Waals surface area (Å²) >= 11 is 0.804. The lowest BCUT2D eigenvalue weighted by molar-refractivity contribution is 0.102. The molecule has 0 unspecified atom stereocenters. The van der Waals surface area contributed by atoms with E-state index in [1.165, 1.54) is 0 Å². The predicted molar refractivity (Wildman–Crippen MR) is 197 cm³/mol. The molecule has 250 valence electrons. The van der Waals surface area contributed by atoms with Crippen LogP contribution < -0.4 is 5.32 Å². The Morgan fingerprint density at radius 1 is 0.686 bits per heavy atom. The lowest BCUT2D eigenvalue weighted by Crippen LogP contribution is -2.38. The summed E-state index contributed by atoms with van der Waals surface area (Å²) in [7, 11) is -3.51. The van der Waals surface area contributed by atoms with Gasteiger partial charge in [-0.1, -0.05) is 114 Å². The molecular formula is C39H29N7O3S2. The Labute approximate surface area is 297 Å². The molecule has 4 aromatic heterocycles. The highest BCUT2D eigenvalue weighted by Gasteiger charge is 2.39. The van der Waals surface area contributed by atoms with Crippen molar-refractivity contribution in [1.29, 1.82) is 0 Å². The molecule has 1 amide bonds. The zero-order valence-corrected chi connectivity index (χ0v) is 28.8. The highest BCUT2D eigenvalue weighted by Crippen LogP contribution is 2.41. The molecule has 4 aromatic carbocycles. The number of anilines is 1. The first kappa shape index (κ1) is 32.0. The first-order valence-electron chi connectivity index (χ1n) is 16.0. The molecule has 0 spiro atoms. The number of nitrogens with one attached hydrogen (secondary N) is 1. The molecule has 0 aliphatic rings. The summed E-state index contributed by atoms with van der Waals surface area (Å²) in [6.07, 6.45) is 8.88. The lowest BCUT2D eigenvalue weighted by atomic mass is 9.77. The second-order valence-corrected chi connectivity index (χ2v) is 15.1. The van der Waals surface area contributed by atoms with E-state index < -0.39 is 21.3 Å². The number of hydrogen-bond donors (Lipinski definition) is 1. The number of sulfone groups is 1. The highest BCUT2D eigenvalue weighted by molar-refractivity contribution is 7.92. The van der Waals surface area contributed by atoms with E-state index in [-0.39, 0.29) is 9.47 Å². The largest absolute Gasteiger partial charge is 0.299 e. The van der Waals surface area contributed by atoms with Crippen LogP contribution in [-0.2, 0) is 15.4 Å². The van der Waals surface area contributed by atoms with Gasteiger partial charge in [0.1, 0.15) is 11.2 Å². The van der Waals surface area contributed by atoms with Gasteiger partial charge in [0.05, 0.1) is 18.1 Å². The molecule has 0 atom stereocenters. The van der Waals surface area contributed by atoms with Gasteiger partial charge in [0.25, 0.3) is 5.91 Å². The number of carbonyl (C=O) groups excluding carboxylic acids is 1. The molecule has 8 rings (SSSR count). The molecule has 1 N–H and O–H groups in total. The number of pyridine rings is 1. The minimum atomic E-state index is -3.51. The van der Waals surface area contributed by atoms with Crippen molar-refractivity contribution in [3.63, 3.8) is 0 Å². The molecule has 8 aromatic rings. The van der Waals surface area contributed by atoms with Crippen LogP contribution in [0.25, 0.3) is 28.0 Å². The number of carbonyl (C=O) groups is 1. The zero-order chi connectivity index (χ0) is 35.0.